The van der Waals surface area contributed by atoms with E-state index in [-0.39, 0.29) is 17.5 Å². The molecule has 0 bridgehead atoms. The first-order valence-electron chi connectivity index (χ1n) is 8.01. The number of hydrogen-bond acceptors (Lipinski definition) is 4. The third-order valence-electron chi connectivity index (χ3n) is 4.52. The van der Waals surface area contributed by atoms with Crippen LogP contribution in [0.4, 0.5) is 0 Å². The lowest BCUT2D eigenvalue weighted by molar-refractivity contribution is 0.298. The van der Waals surface area contributed by atoms with Crippen molar-refractivity contribution < 1.29 is 5.11 Å². The Hall–Kier alpha value is -2.37. The molecule has 6 nitrogen and oxygen atoms in total. The van der Waals surface area contributed by atoms with E-state index in [1.807, 2.05) is 19.9 Å². The Morgan fingerprint density at radius 2 is 1.96 bits per heavy atom. The Morgan fingerprint density at radius 3 is 2.57 bits per heavy atom. The Labute approximate surface area is 133 Å². The van der Waals surface area contributed by atoms with Gasteiger partial charge in [0, 0.05) is 17.5 Å². The quantitative estimate of drug-likeness (QED) is 0.879. The summed E-state index contributed by atoms with van der Waals surface area (Å²) >= 11 is 0. The molecule has 2 aliphatic rings. The molecule has 0 atom stereocenters. The monoisotopic (exact) mass is 315 g/mol. The second kappa shape index (κ2) is 6.02. The first-order valence-corrected chi connectivity index (χ1v) is 8.01. The van der Waals surface area contributed by atoms with Crippen molar-refractivity contribution >= 4 is 11.8 Å². The van der Waals surface area contributed by atoms with Crippen molar-refractivity contribution in [1.29, 1.82) is 0 Å². The van der Waals surface area contributed by atoms with Crippen LogP contribution in [0, 0.1) is 0 Å². The van der Waals surface area contributed by atoms with Crippen molar-refractivity contribution in [1.82, 2.24) is 9.55 Å². The number of nitrogens with one attached hydrogen (secondary N) is 1. The van der Waals surface area contributed by atoms with Gasteiger partial charge in [0.25, 0.3) is 5.56 Å². The number of aliphatic imine (C=N–C) groups is 1. The van der Waals surface area contributed by atoms with E-state index in [0.717, 1.165) is 49.1 Å². The summed E-state index contributed by atoms with van der Waals surface area (Å²) in [7, 11) is 0. The zero-order chi connectivity index (χ0) is 16.6. The smallest absolute Gasteiger partial charge is 0.331 e. The lowest BCUT2D eigenvalue weighted by Gasteiger charge is -2.24. The minimum Gasteiger partial charge on any atom is -0.494 e. The number of aromatic nitrogens is 2. The Balaban J connectivity index is 2.12. The van der Waals surface area contributed by atoms with Crippen LogP contribution >= 0.6 is 0 Å². The molecule has 0 radical (unpaired) electrons. The molecule has 1 fully saturated rings. The molecule has 1 aromatic heterocycles. The molecule has 0 aromatic carbocycles. The standard InChI is InChI=1S/C17H21N3O3/c1-10-8-12(11(2)18-10)9-14-15(21)19-17(23)20(16(14)22)13-6-4-3-5-7-13/h8-9,13,22H,3-7H2,1-2H3,(H,19,21,23)/b12-9+. The van der Waals surface area contributed by atoms with Crippen LogP contribution in [0.15, 0.2) is 31.9 Å². The Kier molecular flexibility index (Phi) is 4.07. The van der Waals surface area contributed by atoms with Crippen LogP contribution in [0.1, 0.15) is 57.6 Å². The molecule has 23 heavy (non-hydrogen) atoms. The van der Waals surface area contributed by atoms with E-state index in [0.29, 0.717) is 0 Å². The van der Waals surface area contributed by atoms with E-state index >= 15 is 0 Å². The number of aromatic hydroxyl groups is 1. The van der Waals surface area contributed by atoms with Gasteiger partial charge in [0.15, 0.2) is 0 Å². The van der Waals surface area contributed by atoms with E-state index < -0.39 is 11.2 Å². The van der Waals surface area contributed by atoms with Crippen LogP contribution < -0.4 is 11.2 Å². The molecule has 0 saturated heterocycles. The molecule has 1 aliphatic carbocycles. The number of nitrogens with zero attached hydrogens (tertiary/aromatic N) is 2. The summed E-state index contributed by atoms with van der Waals surface area (Å²) in [5, 5.41) is 10.6. The third-order valence-corrected chi connectivity index (χ3v) is 4.52. The topological polar surface area (TPSA) is 87.5 Å². The summed E-state index contributed by atoms with van der Waals surface area (Å²) in [5.74, 6) is -0.246. The van der Waals surface area contributed by atoms with Crippen molar-refractivity contribution in [2.75, 3.05) is 0 Å². The van der Waals surface area contributed by atoms with Gasteiger partial charge in [-0.05, 0) is 44.4 Å². The highest BCUT2D eigenvalue weighted by Gasteiger charge is 2.22. The van der Waals surface area contributed by atoms with Gasteiger partial charge in [0.2, 0.25) is 5.88 Å². The molecule has 1 aliphatic heterocycles. The maximum absolute atomic E-state index is 12.2. The van der Waals surface area contributed by atoms with Gasteiger partial charge < -0.3 is 5.11 Å². The second-order valence-corrected chi connectivity index (χ2v) is 6.24. The fourth-order valence-electron chi connectivity index (χ4n) is 3.35. The van der Waals surface area contributed by atoms with Gasteiger partial charge in [-0.15, -0.1) is 0 Å². The van der Waals surface area contributed by atoms with Crippen molar-refractivity contribution in [3.63, 3.8) is 0 Å². The van der Waals surface area contributed by atoms with Crippen LogP contribution in [0.25, 0.3) is 6.08 Å². The van der Waals surface area contributed by atoms with E-state index in [2.05, 4.69) is 9.98 Å². The summed E-state index contributed by atoms with van der Waals surface area (Å²) in [6.07, 6.45) is 8.34. The molecule has 0 spiro atoms. The van der Waals surface area contributed by atoms with Gasteiger partial charge >= 0.3 is 5.69 Å². The van der Waals surface area contributed by atoms with E-state index in [1.54, 1.807) is 6.08 Å². The van der Waals surface area contributed by atoms with Crippen LogP contribution in [0.2, 0.25) is 0 Å². The largest absolute Gasteiger partial charge is 0.494 e. The summed E-state index contributed by atoms with van der Waals surface area (Å²) < 4.78 is 1.34. The van der Waals surface area contributed by atoms with Gasteiger partial charge in [-0.1, -0.05) is 19.3 Å². The molecule has 2 N–H and O–H groups in total. The third kappa shape index (κ3) is 2.93. The molecule has 122 valence electrons. The number of H-pyrrole nitrogens is 1. The number of hydrogen-bond donors (Lipinski definition) is 2. The number of aromatic amines is 1. The first kappa shape index (κ1) is 15.5. The van der Waals surface area contributed by atoms with Crippen molar-refractivity contribution in [3.8, 4) is 5.88 Å². The SMILES string of the molecule is CC1=C/C(=C\c2c(O)n(C3CCCCC3)c(=O)[nH]c2=O)C(C)=N1. The molecule has 0 unspecified atom stereocenters. The summed E-state index contributed by atoms with van der Waals surface area (Å²) in [4.78, 5) is 30.9. The van der Waals surface area contributed by atoms with Crippen LogP contribution in [-0.2, 0) is 0 Å². The Bertz CT molecular complexity index is 834. The molecule has 3 rings (SSSR count). The van der Waals surface area contributed by atoms with Gasteiger partial charge in [-0.25, -0.2) is 4.79 Å². The summed E-state index contributed by atoms with van der Waals surface area (Å²) in [6, 6.07) is -0.0547. The number of allylic oxidation sites excluding steroid dienone is 3. The lowest BCUT2D eigenvalue weighted by atomic mass is 9.95. The van der Waals surface area contributed by atoms with Crippen molar-refractivity contribution in [3.05, 3.63) is 43.7 Å². The molecule has 1 aromatic rings. The van der Waals surface area contributed by atoms with Gasteiger partial charge in [0.1, 0.15) is 5.56 Å². The normalized spacial score (nSPS) is 20.7. The van der Waals surface area contributed by atoms with Crippen molar-refractivity contribution in [2.45, 2.75) is 52.0 Å². The summed E-state index contributed by atoms with van der Waals surface area (Å²) in [6.45, 7) is 3.72. The fourth-order valence-corrected chi connectivity index (χ4v) is 3.35. The molecular formula is C17H21N3O3. The summed E-state index contributed by atoms with van der Waals surface area (Å²) in [5.41, 5.74) is 1.42. The van der Waals surface area contributed by atoms with Crippen LogP contribution in [0.3, 0.4) is 0 Å². The Morgan fingerprint density at radius 1 is 1.26 bits per heavy atom. The first-order chi connectivity index (χ1) is 11.0. The zero-order valence-corrected chi connectivity index (χ0v) is 13.4. The van der Waals surface area contributed by atoms with Crippen LogP contribution in [-0.4, -0.2) is 20.4 Å². The lowest BCUT2D eigenvalue weighted by Crippen LogP contribution is -2.34. The molecule has 0 amide bonds. The minimum absolute atomic E-state index is 0.0547. The zero-order valence-electron chi connectivity index (χ0n) is 13.4. The maximum atomic E-state index is 12.2. The maximum Gasteiger partial charge on any atom is 0.331 e. The second-order valence-electron chi connectivity index (χ2n) is 6.24. The van der Waals surface area contributed by atoms with E-state index in [9.17, 15) is 14.7 Å². The van der Waals surface area contributed by atoms with Gasteiger partial charge in [0.05, 0.1) is 0 Å². The molecular weight excluding hydrogens is 294 g/mol. The highest BCUT2D eigenvalue weighted by molar-refractivity contribution is 6.07. The van der Waals surface area contributed by atoms with Gasteiger partial charge in [-0.2, -0.15) is 0 Å². The van der Waals surface area contributed by atoms with Crippen molar-refractivity contribution in [2.24, 2.45) is 4.99 Å². The molecule has 6 heteroatoms. The number of rotatable bonds is 2. The molecule has 1 saturated carbocycles. The average Bonchev–Trinajstić information content (AvgIpc) is 2.82. The minimum atomic E-state index is -0.571. The highest BCUT2D eigenvalue weighted by Crippen LogP contribution is 2.30. The van der Waals surface area contributed by atoms with Crippen LogP contribution in [0.5, 0.6) is 5.88 Å². The average molecular weight is 315 g/mol. The van der Waals surface area contributed by atoms with E-state index in [1.165, 1.54) is 4.57 Å². The highest BCUT2D eigenvalue weighted by atomic mass is 16.3. The van der Waals surface area contributed by atoms with Gasteiger partial charge in [-0.3, -0.25) is 19.3 Å². The fraction of sp³-hybridized carbons (Fsp3) is 0.471. The molecule has 2 heterocycles. The predicted molar refractivity (Wildman–Crippen MR) is 90.0 cm³/mol. The predicted octanol–water partition coefficient (Wildman–Crippen LogP) is 2.51. The van der Waals surface area contributed by atoms with E-state index in [4.69, 9.17) is 0 Å².